The van der Waals surface area contributed by atoms with E-state index in [4.69, 9.17) is 39.4 Å². The second-order valence-electron chi connectivity index (χ2n) is 34.3. The molecule has 19 rings (SSSR count). The normalized spacial score (nSPS) is 21.1. The summed E-state index contributed by atoms with van der Waals surface area (Å²) in [6, 6.07) is 38.5. The molecule has 7 fully saturated rings. The highest BCUT2D eigenvalue weighted by Gasteiger charge is 2.38. The lowest BCUT2D eigenvalue weighted by atomic mass is 10.0. The van der Waals surface area contributed by atoms with Gasteiger partial charge in [0.15, 0.2) is 0 Å². The lowest BCUT2D eigenvalue weighted by molar-refractivity contribution is -0.127. The van der Waals surface area contributed by atoms with Crippen molar-refractivity contribution in [1.82, 2.24) is 59.3 Å². The number of likely N-dealkylation sites (N-methyl/N-ethyl adjacent to an activating group) is 2. The number of phenols is 3. The summed E-state index contributed by atoms with van der Waals surface area (Å²) in [6.45, 7) is 31.7. The molecular formula is C94H115N19O8. The Balaban J connectivity index is 0.000000129. The number of aromatic hydroxyl groups is 3. The van der Waals surface area contributed by atoms with Crippen molar-refractivity contribution in [2.45, 2.75) is 140 Å². The standard InChI is InChI=1S/C32H39N7O2.2C31H38N6O3/c1-2-30(41)37-15-17-38(18-16-37)31-27-11-14-39(29-20-25(40)19-22-5-3-4-6-26(22)29)21-28(27)34-32(35-31)33-23-9-12-36(13-10-23)24-7-8-24;2*1-4-29(39)36-14-15-37(21(2)18-36)30-26-11-13-35(28-17-24(38)16-22-8-5-6-10-25(22)28)19-27(26)32-31(33-30)40-20-23-9-7-12-34(23)3/h2-6,19-20,23-24,40H,1,7-18,21H2,(H,33,34,35);2*4-6,8,10,16-17,21,23,38H,1,7,9,11-15,18-20H2,2-3H3/t;21-,23?;21-,23-/m.00/s1. The molecule has 27 nitrogen and oxygen atoms in total. The number of likely N-dealkylation sites (tertiary alicyclic amines) is 3. The van der Waals surface area contributed by atoms with Crippen LogP contribution in [0.15, 0.2) is 147 Å². The number of rotatable bonds is 18. The Labute approximate surface area is 709 Å². The number of nitrogens with zero attached hydrogens (tertiary/aromatic N) is 18. The van der Waals surface area contributed by atoms with Crippen molar-refractivity contribution in [1.29, 1.82) is 0 Å². The van der Waals surface area contributed by atoms with Gasteiger partial charge in [-0.2, -0.15) is 24.9 Å². The molecule has 0 bridgehead atoms. The van der Waals surface area contributed by atoms with Crippen molar-refractivity contribution in [3.63, 3.8) is 0 Å². The first-order chi connectivity index (χ1) is 58.9. The minimum absolute atomic E-state index is 0.0109. The number of carbonyl (C=O) groups excluding carboxylic acids is 3. The van der Waals surface area contributed by atoms with Crippen LogP contribution in [-0.2, 0) is 53.3 Å². The maximum absolute atomic E-state index is 12.3. The molecule has 1 unspecified atom stereocenters. The molecule has 27 heteroatoms. The van der Waals surface area contributed by atoms with Crippen molar-refractivity contribution >= 4 is 90.5 Å². The summed E-state index contributed by atoms with van der Waals surface area (Å²) in [6.07, 6.45) is 16.1. The zero-order valence-electron chi connectivity index (χ0n) is 70.5. The number of piperidine rings is 1. The van der Waals surface area contributed by atoms with E-state index in [9.17, 15) is 29.7 Å². The number of carbonyl (C=O) groups is 3. The molecule has 9 aromatic rings. The lowest BCUT2D eigenvalue weighted by Gasteiger charge is -2.42. The molecule has 3 aromatic heterocycles. The third kappa shape index (κ3) is 18.0. The van der Waals surface area contributed by atoms with Crippen LogP contribution >= 0.6 is 0 Å². The van der Waals surface area contributed by atoms with Crippen molar-refractivity contribution in [2.75, 3.05) is 173 Å². The monoisotopic (exact) mass is 1640 g/mol. The van der Waals surface area contributed by atoms with Gasteiger partial charge in [0.1, 0.15) is 47.9 Å². The predicted octanol–water partition coefficient (Wildman–Crippen LogP) is 11.0. The Kier molecular flexibility index (Phi) is 24.3. The number of hydrogen-bond acceptors (Lipinski definition) is 24. The number of hydrogen-bond donors (Lipinski definition) is 4. The number of amides is 3. The van der Waals surface area contributed by atoms with Crippen molar-refractivity contribution in [2.24, 2.45) is 0 Å². The van der Waals surface area contributed by atoms with Crippen molar-refractivity contribution in [3.8, 4) is 29.3 Å². The van der Waals surface area contributed by atoms with Crippen molar-refractivity contribution < 1.29 is 39.2 Å². The van der Waals surface area contributed by atoms with Gasteiger partial charge in [-0.05, 0) is 164 Å². The molecule has 10 aliphatic rings. The Morgan fingerprint density at radius 3 is 1.23 bits per heavy atom. The second kappa shape index (κ2) is 36.0. The van der Waals surface area contributed by atoms with E-state index in [0.29, 0.717) is 121 Å². The van der Waals surface area contributed by atoms with Gasteiger partial charge >= 0.3 is 12.0 Å². The average molecular weight is 1640 g/mol. The summed E-state index contributed by atoms with van der Waals surface area (Å²) in [5.74, 6) is 4.25. The summed E-state index contributed by atoms with van der Waals surface area (Å²) in [4.78, 5) is 93.6. The number of piperazine rings is 3. The van der Waals surface area contributed by atoms with E-state index in [-0.39, 0.29) is 47.1 Å². The molecule has 3 amide bonds. The SMILES string of the molecule is C=CC(=O)N1CCN(c2nc(NC3CCN(C4CC4)CC3)nc3c2CCN(c2cc(O)cc4ccccc24)C3)CC1.C=CC(=O)N1CCN(c2nc(OCC3CCCN3C)nc3c2CCN(c2cc(O)cc4ccccc24)C3)[C@@H](C)C1.C=CC(=O)N1CCN(c2nc(OC[C@@H]3CCCN3C)nc3c2CCN(c2cc(O)cc4ccccc24)C3)[C@@H](C)C1. The molecule has 9 aliphatic heterocycles. The average Bonchev–Trinajstić information content (AvgIpc) is 1.60. The Hall–Kier alpha value is -11.6. The summed E-state index contributed by atoms with van der Waals surface area (Å²) in [7, 11) is 4.28. The maximum atomic E-state index is 12.3. The number of anilines is 7. The van der Waals surface area contributed by atoms with Crippen LogP contribution in [0.25, 0.3) is 32.3 Å². The van der Waals surface area contributed by atoms with E-state index in [1.165, 1.54) is 49.5 Å². The van der Waals surface area contributed by atoms with E-state index in [1.807, 2.05) is 93.6 Å². The molecular weight excluding hydrogens is 1520 g/mol. The minimum atomic E-state index is -0.0325. The van der Waals surface area contributed by atoms with Gasteiger partial charge in [-0.25, -0.2) is 4.98 Å². The molecule has 634 valence electrons. The predicted molar refractivity (Wildman–Crippen MR) is 477 cm³/mol. The number of phenolic OH excluding ortho intramolecular Hbond substituents is 3. The number of nitrogens with one attached hydrogen (secondary N) is 1. The number of aromatic nitrogens is 6. The fourth-order valence-electron chi connectivity index (χ4n) is 19.6. The van der Waals surface area contributed by atoms with Gasteiger partial charge in [0.05, 0.1) is 36.7 Å². The summed E-state index contributed by atoms with van der Waals surface area (Å²) in [5.41, 5.74) is 9.46. The van der Waals surface area contributed by atoms with Crippen LogP contribution in [0.1, 0.15) is 99.0 Å². The van der Waals surface area contributed by atoms with Crippen molar-refractivity contribution in [3.05, 3.63) is 181 Å². The van der Waals surface area contributed by atoms with E-state index >= 15 is 0 Å². The van der Waals surface area contributed by atoms with Gasteiger partial charge < -0.3 is 88.9 Å². The lowest BCUT2D eigenvalue weighted by Crippen LogP contribution is -2.54. The Bertz CT molecular complexity index is 5130. The molecule has 12 heterocycles. The third-order valence-corrected chi connectivity index (χ3v) is 26.5. The summed E-state index contributed by atoms with van der Waals surface area (Å²) < 4.78 is 12.5. The van der Waals surface area contributed by atoms with Gasteiger partial charge in [0.25, 0.3) is 0 Å². The molecule has 6 saturated heterocycles. The number of benzene rings is 6. The number of fused-ring (bicyclic) bond motifs is 6. The topological polar surface area (TPSA) is 259 Å². The minimum Gasteiger partial charge on any atom is -0.508 e. The van der Waals surface area contributed by atoms with Crippen LogP contribution in [0.5, 0.6) is 29.3 Å². The van der Waals surface area contributed by atoms with Gasteiger partial charge in [-0.1, -0.05) is 92.5 Å². The van der Waals surface area contributed by atoms with Crippen LogP contribution in [0, 0.1) is 0 Å². The zero-order valence-corrected chi connectivity index (χ0v) is 70.5. The summed E-state index contributed by atoms with van der Waals surface area (Å²) >= 11 is 0. The summed E-state index contributed by atoms with van der Waals surface area (Å²) in [5, 5.41) is 41.6. The molecule has 4 atom stereocenters. The fraction of sp³-hybridized carbons (Fsp3) is 0.457. The van der Waals surface area contributed by atoms with E-state index in [2.05, 4.69) is 115 Å². The van der Waals surface area contributed by atoms with Gasteiger partial charge in [-0.15, -0.1) is 0 Å². The largest absolute Gasteiger partial charge is 0.508 e. The highest BCUT2D eigenvalue weighted by Crippen LogP contribution is 2.43. The first-order valence-corrected chi connectivity index (χ1v) is 43.7. The molecule has 1 saturated carbocycles. The Morgan fingerprint density at radius 1 is 0.438 bits per heavy atom. The highest BCUT2D eigenvalue weighted by molar-refractivity contribution is 5.98. The fourth-order valence-corrected chi connectivity index (χ4v) is 19.6. The van der Waals surface area contributed by atoms with Crippen LogP contribution in [0.2, 0.25) is 0 Å². The smallest absolute Gasteiger partial charge is 0.318 e. The maximum Gasteiger partial charge on any atom is 0.318 e. The molecule has 6 aromatic carbocycles. The van der Waals surface area contributed by atoms with Crippen LogP contribution in [0.3, 0.4) is 0 Å². The molecule has 0 spiro atoms. The number of ether oxygens (including phenoxy) is 2. The molecule has 4 N–H and O–H groups in total. The highest BCUT2D eigenvalue weighted by atomic mass is 16.5. The second-order valence-corrected chi connectivity index (χ2v) is 34.3. The third-order valence-electron chi connectivity index (χ3n) is 26.5. The van der Waals surface area contributed by atoms with Crippen LogP contribution < -0.4 is 44.2 Å². The quantitative estimate of drug-likeness (QED) is 0.0582. The Morgan fingerprint density at radius 2 is 0.835 bits per heavy atom. The van der Waals surface area contributed by atoms with Gasteiger partial charge in [0.2, 0.25) is 23.7 Å². The first-order valence-electron chi connectivity index (χ1n) is 43.7. The van der Waals surface area contributed by atoms with E-state index < -0.39 is 0 Å². The van der Waals surface area contributed by atoms with Crippen LogP contribution in [0.4, 0.5) is 40.5 Å². The van der Waals surface area contributed by atoms with E-state index in [1.54, 1.807) is 12.1 Å². The van der Waals surface area contributed by atoms with E-state index in [0.717, 1.165) is 205 Å². The van der Waals surface area contributed by atoms with Crippen LogP contribution in [-0.4, -0.2) is 267 Å². The molecule has 121 heavy (non-hydrogen) atoms. The molecule has 0 radical (unpaired) electrons. The van der Waals surface area contributed by atoms with Gasteiger partial charge in [0, 0.05) is 203 Å². The first kappa shape index (κ1) is 81.8. The van der Waals surface area contributed by atoms with Gasteiger partial charge in [-0.3, -0.25) is 14.4 Å². The zero-order chi connectivity index (χ0) is 83.5. The molecule has 1 aliphatic carbocycles.